The third-order valence-electron chi connectivity index (χ3n) is 3.39. The molecule has 0 fully saturated rings. The minimum atomic E-state index is -0.347. The molecule has 0 saturated heterocycles. The Morgan fingerprint density at radius 3 is 2.95 bits per heavy atom. The third-order valence-corrected chi connectivity index (χ3v) is 3.88. The highest BCUT2D eigenvalue weighted by Crippen LogP contribution is 2.36. The van der Waals surface area contributed by atoms with Gasteiger partial charge in [0.2, 0.25) is 6.79 Å². The van der Waals surface area contributed by atoms with E-state index in [0.717, 1.165) is 4.47 Å². The third kappa shape index (κ3) is 2.78. The molecule has 4 nitrogen and oxygen atoms in total. The lowest BCUT2D eigenvalue weighted by molar-refractivity contribution is 0.0779. The van der Waals surface area contributed by atoms with Crippen molar-refractivity contribution in [1.29, 1.82) is 0 Å². The molecular formula is C16H13BrFNO3. The number of para-hydroxylation sites is 1. The maximum Gasteiger partial charge on any atom is 0.257 e. The van der Waals surface area contributed by atoms with Crippen molar-refractivity contribution in [1.82, 2.24) is 4.90 Å². The maximum absolute atomic E-state index is 13.8. The molecule has 0 aliphatic carbocycles. The number of ether oxygens (including phenoxy) is 2. The zero-order chi connectivity index (χ0) is 15.7. The van der Waals surface area contributed by atoms with Gasteiger partial charge in [0.25, 0.3) is 5.91 Å². The van der Waals surface area contributed by atoms with Crippen molar-refractivity contribution in [2.75, 3.05) is 13.8 Å². The van der Waals surface area contributed by atoms with Gasteiger partial charge < -0.3 is 14.4 Å². The van der Waals surface area contributed by atoms with E-state index in [4.69, 9.17) is 9.47 Å². The van der Waals surface area contributed by atoms with Gasteiger partial charge in [0.15, 0.2) is 11.5 Å². The molecule has 2 aromatic rings. The molecule has 1 aliphatic rings. The number of hydrogen-bond acceptors (Lipinski definition) is 3. The van der Waals surface area contributed by atoms with Crippen LogP contribution in [0.3, 0.4) is 0 Å². The molecule has 0 bridgehead atoms. The summed E-state index contributed by atoms with van der Waals surface area (Å²) in [6.07, 6.45) is 0. The van der Waals surface area contributed by atoms with E-state index in [0.29, 0.717) is 22.6 Å². The molecule has 0 spiro atoms. The summed E-state index contributed by atoms with van der Waals surface area (Å²) in [5.74, 6) is 0.393. The van der Waals surface area contributed by atoms with Gasteiger partial charge in [0.1, 0.15) is 5.82 Å². The first kappa shape index (κ1) is 14.8. The van der Waals surface area contributed by atoms with Crippen LogP contribution >= 0.6 is 15.9 Å². The monoisotopic (exact) mass is 365 g/mol. The number of fused-ring (bicyclic) bond motifs is 1. The Kier molecular flexibility index (Phi) is 4.02. The van der Waals surface area contributed by atoms with Crippen molar-refractivity contribution in [3.05, 3.63) is 57.8 Å². The van der Waals surface area contributed by atoms with Gasteiger partial charge in [0.05, 0.1) is 5.56 Å². The highest BCUT2D eigenvalue weighted by molar-refractivity contribution is 9.10. The van der Waals surface area contributed by atoms with Gasteiger partial charge in [-0.2, -0.15) is 0 Å². The largest absolute Gasteiger partial charge is 0.454 e. The summed E-state index contributed by atoms with van der Waals surface area (Å²) >= 11 is 3.30. The molecule has 0 N–H and O–H groups in total. The molecule has 0 atom stereocenters. The minimum Gasteiger partial charge on any atom is -0.454 e. The fourth-order valence-electron chi connectivity index (χ4n) is 2.30. The molecule has 1 amide bonds. The van der Waals surface area contributed by atoms with Crippen LogP contribution in [0, 0.1) is 5.82 Å². The number of benzene rings is 2. The Bertz CT molecular complexity index is 735. The van der Waals surface area contributed by atoms with Crippen molar-refractivity contribution in [3.63, 3.8) is 0 Å². The van der Waals surface area contributed by atoms with Gasteiger partial charge in [-0.15, -0.1) is 0 Å². The SMILES string of the molecule is CN(Cc1cc(Br)ccc1F)C(=O)c1cccc2c1OCO2. The molecule has 0 saturated carbocycles. The number of hydrogen-bond donors (Lipinski definition) is 0. The lowest BCUT2D eigenvalue weighted by atomic mass is 10.1. The molecule has 2 aromatic carbocycles. The average Bonchev–Trinajstić information content (AvgIpc) is 2.98. The normalized spacial score (nSPS) is 12.3. The summed E-state index contributed by atoms with van der Waals surface area (Å²) in [6, 6.07) is 9.80. The van der Waals surface area contributed by atoms with Crippen LogP contribution in [0.15, 0.2) is 40.9 Å². The van der Waals surface area contributed by atoms with E-state index >= 15 is 0 Å². The van der Waals surface area contributed by atoms with Gasteiger partial charge in [-0.3, -0.25) is 4.79 Å². The van der Waals surface area contributed by atoms with E-state index in [1.807, 2.05) is 0 Å². The van der Waals surface area contributed by atoms with Gasteiger partial charge in [-0.05, 0) is 30.3 Å². The standard InChI is InChI=1S/C16H13BrFNO3/c1-19(8-10-7-11(17)5-6-13(10)18)16(20)12-3-2-4-14-15(12)22-9-21-14/h2-7H,8-9H2,1H3. The average molecular weight is 366 g/mol. The second kappa shape index (κ2) is 5.96. The van der Waals surface area contributed by atoms with Crippen LogP contribution in [0.5, 0.6) is 11.5 Å². The number of amides is 1. The topological polar surface area (TPSA) is 38.8 Å². The molecule has 0 radical (unpaired) electrons. The van der Waals surface area contributed by atoms with E-state index in [9.17, 15) is 9.18 Å². The summed E-state index contributed by atoms with van der Waals surface area (Å²) in [6.45, 7) is 0.262. The smallest absolute Gasteiger partial charge is 0.257 e. The summed E-state index contributed by atoms with van der Waals surface area (Å²) in [5, 5.41) is 0. The van der Waals surface area contributed by atoms with Crippen molar-refractivity contribution in [3.8, 4) is 11.5 Å². The second-order valence-corrected chi connectivity index (χ2v) is 5.85. The van der Waals surface area contributed by atoms with Crippen molar-refractivity contribution in [2.24, 2.45) is 0 Å². The lowest BCUT2D eigenvalue weighted by Crippen LogP contribution is -2.27. The Morgan fingerprint density at radius 1 is 1.32 bits per heavy atom. The summed E-state index contributed by atoms with van der Waals surface area (Å²) in [5.41, 5.74) is 0.850. The van der Waals surface area contributed by atoms with Crippen molar-refractivity contribution >= 4 is 21.8 Å². The van der Waals surface area contributed by atoms with Crippen LogP contribution < -0.4 is 9.47 Å². The van der Waals surface area contributed by atoms with E-state index in [2.05, 4.69) is 15.9 Å². The van der Waals surface area contributed by atoms with Crippen LogP contribution in [0.25, 0.3) is 0 Å². The van der Waals surface area contributed by atoms with Crippen LogP contribution in [0.2, 0.25) is 0 Å². The predicted octanol–water partition coefficient (Wildman–Crippen LogP) is 3.59. The first-order valence-corrected chi connectivity index (χ1v) is 7.43. The zero-order valence-corrected chi connectivity index (χ0v) is 13.4. The Hall–Kier alpha value is -2.08. The fourth-order valence-corrected chi connectivity index (χ4v) is 2.70. The quantitative estimate of drug-likeness (QED) is 0.834. The molecule has 114 valence electrons. The Morgan fingerprint density at radius 2 is 2.14 bits per heavy atom. The summed E-state index contributed by atoms with van der Waals surface area (Å²) in [7, 11) is 1.62. The number of carbonyl (C=O) groups is 1. The van der Waals surface area contributed by atoms with E-state index in [-0.39, 0.29) is 25.1 Å². The summed E-state index contributed by atoms with van der Waals surface area (Å²) in [4.78, 5) is 14.0. The molecule has 6 heteroatoms. The van der Waals surface area contributed by atoms with Crippen LogP contribution in [-0.4, -0.2) is 24.6 Å². The molecule has 22 heavy (non-hydrogen) atoms. The van der Waals surface area contributed by atoms with Crippen LogP contribution in [0.4, 0.5) is 4.39 Å². The van der Waals surface area contributed by atoms with E-state index in [1.54, 1.807) is 37.4 Å². The van der Waals surface area contributed by atoms with Gasteiger partial charge in [0, 0.05) is 23.6 Å². The Labute approximate surface area is 135 Å². The summed E-state index contributed by atoms with van der Waals surface area (Å²) < 4.78 is 25.2. The number of rotatable bonds is 3. The zero-order valence-electron chi connectivity index (χ0n) is 11.8. The van der Waals surface area contributed by atoms with Gasteiger partial charge in [-0.1, -0.05) is 22.0 Å². The lowest BCUT2D eigenvalue weighted by Gasteiger charge is -2.18. The molecule has 1 aliphatic heterocycles. The first-order valence-electron chi connectivity index (χ1n) is 6.64. The van der Waals surface area contributed by atoms with E-state index < -0.39 is 0 Å². The van der Waals surface area contributed by atoms with E-state index in [1.165, 1.54) is 11.0 Å². The van der Waals surface area contributed by atoms with Gasteiger partial charge >= 0.3 is 0 Å². The fraction of sp³-hybridized carbons (Fsp3) is 0.188. The Balaban J connectivity index is 1.84. The first-order chi connectivity index (χ1) is 10.6. The molecule has 1 heterocycles. The number of halogens is 2. The maximum atomic E-state index is 13.8. The highest BCUT2D eigenvalue weighted by atomic mass is 79.9. The predicted molar refractivity (Wildman–Crippen MR) is 82.5 cm³/mol. The van der Waals surface area contributed by atoms with Crippen LogP contribution in [-0.2, 0) is 6.54 Å². The van der Waals surface area contributed by atoms with Crippen LogP contribution in [0.1, 0.15) is 15.9 Å². The van der Waals surface area contributed by atoms with Gasteiger partial charge in [-0.25, -0.2) is 4.39 Å². The van der Waals surface area contributed by atoms with Crippen molar-refractivity contribution < 1.29 is 18.7 Å². The molecule has 0 aromatic heterocycles. The molecule has 3 rings (SSSR count). The second-order valence-electron chi connectivity index (χ2n) is 4.94. The minimum absolute atomic E-state index is 0.101. The number of carbonyl (C=O) groups excluding carboxylic acids is 1. The highest BCUT2D eigenvalue weighted by Gasteiger charge is 2.24. The number of nitrogens with zero attached hydrogens (tertiary/aromatic N) is 1. The molecule has 0 unspecified atom stereocenters. The van der Waals surface area contributed by atoms with Crippen molar-refractivity contribution in [2.45, 2.75) is 6.54 Å². The molecular weight excluding hydrogens is 353 g/mol.